The molecular formula is C17H20N2O. The Labute approximate surface area is 119 Å². The fraction of sp³-hybridized carbons (Fsp3) is 0.294. The maximum Gasteiger partial charge on any atom is 0.122 e. The topological polar surface area (TPSA) is 47.3 Å². The molecule has 1 aliphatic heterocycles. The zero-order chi connectivity index (χ0) is 14.1. The molecule has 0 amide bonds. The van der Waals surface area contributed by atoms with Gasteiger partial charge in [0, 0.05) is 11.5 Å². The van der Waals surface area contributed by atoms with Gasteiger partial charge in [-0.1, -0.05) is 42.0 Å². The van der Waals surface area contributed by atoms with Crippen molar-refractivity contribution in [2.75, 3.05) is 6.61 Å². The third-order valence-corrected chi connectivity index (χ3v) is 4.09. The lowest BCUT2D eigenvalue weighted by atomic mass is 9.86. The van der Waals surface area contributed by atoms with Crippen LogP contribution in [-0.4, -0.2) is 6.61 Å². The number of aryl methyl sites for hydroxylation is 2. The van der Waals surface area contributed by atoms with Crippen molar-refractivity contribution in [3.05, 3.63) is 64.7 Å². The van der Waals surface area contributed by atoms with Gasteiger partial charge in [0.2, 0.25) is 0 Å². The van der Waals surface area contributed by atoms with E-state index in [0.29, 0.717) is 6.61 Å². The molecule has 0 saturated heterocycles. The summed E-state index contributed by atoms with van der Waals surface area (Å²) in [6.07, 6.45) is 0. The van der Waals surface area contributed by atoms with Gasteiger partial charge in [-0.15, -0.1) is 0 Å². The van der Waals surface area contributed by atoms with Gasteiger partial charge in [-0.05, 0) is 31.0 Å². The van der Waals surface area contributed by atoms with E-state index in [9.17, 15) is 0 Å². The lowest BCUT2D eigenvalue weighted by molar-refractivity contribution is 0.300. The first-order valence-corrected chi connectivity index (χ1v) is 6.95. The number of nitrogens with two attached hydrogens (primary N) is 1. The molecule has 104 valence electrons. The summed E-state index contributed by atoms with van der Waals surface area (Å²) in [4.78, 5) is 0. The van der Waals surface area contributed by atoms with Crippen LogP contribution >= 0.6 is 0 Å². The maximum atomic E-state index is 5.86. The van der Waals surface area contributed by atoms with Gasteiger partial charge < -0.3 is 4.74 Å². The van der Waals surface area contributed by atoms with Crippen LogP contribution in [-0.2, 0) is 0 Å². The van der Waals surface area contributed by atoms with Gasteiger partial charge in [-0.3, -0.25) is 11.3 Å². The molecule has 3 nitrogen and oxygen atoms in total. The first-order valence-electron chi connectivity index (χ1n) is 6.95. The quantitative estimate of drug-likeness (QED) is 0.664. The van der Waals surface area contributed by atoms with Crippen LogP contribution in [0.5, 0.6) is 5.75 Å². The Hall–Kier alpha value is -1.84. The summed E-state index contributed by atoms with van der Waals surface area (Å²) in [7, 11) is 0. The van der Waals surface area contributed by atoms with Crippen LogP contribution in [0.2, 0.25) is 0 Å². The summed E-state index contributed by atoms with van der Waals surface area (Å²) < 4.78 is 5.79. The largest absolute Gasteiger partial charge is 0.493 e. The molecule has 2 atom stereocenters. The fourth-order valence-electron chi connectivity index (χ4n) is 2.98. The third kappa shape index (κ3) is 2.19. The molecule has 0 bridgehead atoms. The van der Waals surface area contributed by atoms with Crippen LogP contribution in [0.4, 0.5) is 0 Å². The zero-order valence-electron chi connectivity index (χ0n) is 11.9. The smallest absolute Gasteiger partial charge is 0.122 e. The van der Waals surface area contributed by atoms with Gasteiger partial charge in [-0.2, -0.15) is 0 Å². The number of rotatable bonds is 3. The van der Waals surface area contributed by atoms with E-state index in [0.717, 1.165) is 5.75 Å². The minimum atomic E-state index is 0.0681. The fourth-order valence-corrected chi connectivity index (χ4v) is 2.98. The van der Waals surface area contributed by atoms with Crippen molar-refractivity contribution >= 4 is 0 Å². The second-order valence-corrected chi connectivity index (χ2v) is 5.46. The Bertz CT molecular complexity index is 624. The molecule has 0 saturated carbocycles. The molecule has 0 fully saturated rings. The molecule has 0 radical (unpaired) electrons. The van der Waals surface area contributed by atoms with Crippen LogP contribution in [0.3, 0.4) is 0 Å². The number of fused-ring (bicyclic) bond motifs is 1. The predicted molar refractivity (Wildman–Crippen MR) is 80.7 cm³/mol. The highest BCUT2D eigenvalue weighted by molar-refractivity contribution is 5.43. The van der Waals surface area contributed by atoms with Crippen LogP contribution in [0.25, 0.3) is 0 Å². The molecule has 1 heterocycles. The van der Waals surface area contributed by atoms with Crippen molar-refractivity contribution in [3.63, 3.8) is 0 Å². The second kappa shape index (κ2) is 5.27. The molecular weight excluding hydrogens is 248 g/mol. The van der Waals surface area contributed by atoms with Crippen LogP contribution in [0.15, 0.2) is 42.5 Å². The van der Waals surface area contributed by atoms with E-state index in [2.05, 4.69) is 49.6 Å². The van der Waals surface area contributed by atoms with Crippen molar-refractivity contribution in [2.24, 2.45) is 5.84 Å². The first-order chi connectivity index (χ1) is 9.70. The Morgan fingerprint density at radius 3 is 2.80 bits per heavy atom. The number of hydrogen-bond acceptors (Lipinski definition) is 3. The highest BCUT2D eigenvalue weighted by Crippen LogP contribution is 2.41. The van der Waals surface area contributed by atoms with E-state index >= 15 is 0 Å². The maximum absolute atomic E-state index is 5.86. The first kappa shape index (κ1) is 13.2. The minimum absolute atomic E-state index is 0.0681. The molecule has 3 heteroatoms. The third-order valence-electron chi connectivity index (χ3n) is 4.09. The van der Waals surface area contributed by atoms with E-state index in [4.69, 9.17) is 10.6 Å². The van der Waals surface area contributed by atoms with E-state index in [-0.39, 0.29) is 12.0 Å². The highest BCUT2D eigenvalue weighted by Gasteiger charge is 2.32. The van der Waals surface area contributed by atoms with Gasteiger partial charge in [0.15, 0.2) is 0 Å². The number of nitrogens with one attached hydrogen (secondary N) is 1. The average Bonchev–Trinajstić information content (AvgIpc) is 2.88. The average molecular weight is 268 g/mol. The number of para-hydroxylation sites is 1. The van der Waals surface area contributed by atoms with E-state index < -0.39 is 0 Å². The predicted octanol–water partition coefficient (Wildman–Crippen LogP) is 2.98. The van der Waals surface area contributed by atoms with Gasteiger partial charge >= 0.3 is 0 Å². The summed E-state index contributed by atoms with van der Waals surface area (Å²) in [6, 6.07) is 14.8. The molecule has 20 heavy (non-hydrogen) atoms. The molecule has 0 spiro atoms. The SMILES string of the molecule is Cc1ccc(C)c(C(NN)C2COc3ccccc32)c1. The van der Waals surface area contributed by atoms with Crippen molar-refractivity contribution in [2.45, 2.75) is 25.8 Å². The molecule has 3 N–H and O–H groups in total. The van der Waals surface area contributed by atoms with Crippen molar-refractivity contribution in [1.82, 2.24) is 5.43 Å². The molecule has 1 aliphatic rings. The number of benzene rings is 2. The van der Waals surface area contributed by atoms with Crippen molar-refractivity contribution in [1.29, 1.82) is 0 Å². The van der Waals surface area contributed by atoms with Gasteiger partial charge in [-0.25, -0.2) is 0 Å². The Kier molecular flexibility index (Phi) is 3.47. The summed E-state index contributed by atoms with van der Waals surface area (Å²) in [6.45, 7) is 4.90. The van der Waals surface area contributed by atoms with Gasteiger partial charge in [0.05, 0.1) is 12.6 Å². The van der Waals surface area contributed by atoms with Gasteiger partial charge in [0.25, 0.3) is 0 Å². The van der Waals surface area contributed by atoms with Crippen LogP contribution in [0, 0.1) is 13.8 Å². The van der Waals surface area contributed by atoms with E-state index in [1.54, 1.807) is 0 Å². The number of ether oxygens (including phenoxy) is 1. The van der Waals surface area contributed by atoms with E-state index in [1.165, 1.54) is 22.3 Å². The monoisotopic (exact) mass is 268 g/mol. The number of hydrazine groups is 1. The zero-order valence-corrected chi connectivity index (χ0v) is 11.9. The molecule has 0 aliphatic carbocycles. The summed E-state index contributed by atoms with van der Waals surface area (Å²) in [5.41, 5.74) is 7.97. The van der Waals surface area contributed by atoms with E-state index in [1.807, 2.05) is 12.1 Å². The Morgan fingerprint density at radius 1 is 1.20 bits per heavy atom. The molecule has 3 rings (SSSR count). The normalized spacial score (nSPS) is 18.4. The summed E-state index contributed by atoms with van der Waals surface area (Å²) >= 11 is 0. The number of hydrogen-bond donors (Lipinski definition) is 2. The van der Waals surface area contributed by atoms with Crippen molar-refractivity contribution < 1.29 is 4.74 Å². The van der Waals surface area contributed by atoms with Gasteiger partial charge in [0.1, 0.15) is 5.75 Å². The second-order valence-electron chi connectivity index (χ2n) is 5.46. The molecule has 2 aromatic rings. The van der Waals surface area contributed by atoms with Crippen LogP contribution < -0.4 is 16.0 Å². The Morgan fingerprint density at radius 2 is 2.00 bits per heavy atom. The van der Waals surface area contributed by atoms with Crippen LogP contribution in [0.1, 0.15) is 34.2 Å². The lowest BCUT2D eigenvalue weighted by Gasteiger charge is -2.24. The standard InChI is InChI=1S/C17H20N2O/c1-11-7-8-12(2)14(9-11)17(19-18)15-10-20-16-6-4-3-5-13(15)16/h3-9,15,17,19H,10,18H2,1-2H3. The highest BCUT2D eigenvalue weighted by atomic mass is 16.5. The Balaban J connectivity index is 2.01. The van der Waals surface area contributed by atoms with Crippen molar-refractivity contribution in [3.8, 4) is 5.75 Å². The lowest BCUT2D eigenvalue weighted by Crippen LogP contribution is -2.33. The molecule has 0 aromatic heterocycles. The molecule has 2 unspecified atom stereocenters. The summed E-state index contributed by atoms with van der Waals surface area (Å²) in [5, 5.41) is 0. The molecule has 2 aromatic carbocycles. The minimum Gasteiger partial charge on any atom is -0.493 e. The summed E-state index contributed by atoms with van der Waals surface area (Å²) in [5.74, 6) is 7.08.